The summed E-state index contributed by atoms with van der Waals surface area (Å²) in [5, 5.41) is 6.63. The number of nitrogens with zero attached hydrogens (tertiary/aromatic N) is 1. The number of hydrogen-bond acceptors (Lipinski definition) is 3. The van der Waals surface area contributed by atoms with Crippen LogP contribution in [0.4, 0.5) is 4.39 Å². The fraction of sp³-hybridized carbons (Fsp3) is 0.632. The molecule has 0 saturated carbocycles. The number of amides is 1. The van der Waals surface area contributed by atoms with Crippen LogP contribution in [0.2, 0.25) is 0 Å². The van der Waals surface area contributed by atoms with Crippen LogP contribution in [0.1, 0.15) is 38.2 Å². The lowest BCUT2D eigenvalue weighted by Crippen LogP contribution is -2.56. The predicted molar refractivity (Wildman–Crippen MR) is 93.0 cm³/mol. The van der Waals surface area contributed by atoms with E-state index in [4.69, 9.17) is 0 Å². The average Bonchev–Trinajstić information content (AvgIpc) is 2.59. The molecule has 0 aliphatic carbocycles. The van der Waals surface area contributed by atoms with Crippen LogP contribution in [0.15, 0.2) is 24.3 Å². The molecular formula is C19H28FN3O. The van der Waals surface area contributed by atoms with E-state index in [1.54, 1.807) is 0 Å². The fourth-order valence-corrected chi connectivity index (χ4v) is 3.76. The van der Waals surface area contributed by atoms with Gasteiger partial charge in [-0.3, -0.25) is 9.69 Å². The minimum Gasteiger partial charge on any atom is -0.350 e. The van der Waals surface area contributed by atoms with Crippen LogP contribution in [0, 0.1) is 11.7 Å². The van der Waals surface area contributed by atoms with Crippen molar-refractivity contribution in [3.8, 4) is 0 Å². The summed E-state index contributed by atoms with van der Waals surface area (Å²) in [7, 11) is 0. The molecule has 2 fully saturated rings. The number of likely N-dealkylation sites (tertiary alicyclic amines) is 1. The highest BCUT2D eigenvalue weighted by Crippen LogP contribution is 2.21. The number of nitrogens with one attached hydrogen (secondary N) is 2. The van der Waals surface area contributed by atoms with Crippen molar-refractivity contribution >= 4 is 5.91 Å². The zero-order chi connectivity index (χ0) is 16.9. The van der Waals surface area contributed by atoms with E-state index in [2.05, 4.69) is 22.5 Å². The van der Waals surface area contributed by atoms with Crippen molar-refractivity contribution in [1.82, 2.24) is 15.5 Å². The first-order valence-electron chi connectivity index (χ1n) is 9.13. The lowest BCUT2D eigenvalue weighted by Gasteiger charge is -2.37. The molecule has 2 aliphatic heterocycles. The molecule has 4 nitrogen and oxygen atoms in total. The number of carbonyl (C=O) groups is 1. The van der Waals surface area contributed by atoms with Crippen LogP contribution in [-0.4, -0.2) is 42.5 Å². The molecule has 2 heterocycles. The van der Waals surface area contributed by atoms with E-state index in [9.17, 15) is 9.18 Å². The SMILES string of the molecule is CC1CCNCC1NC(=O)C1CCCCN1Cc1ccc(F)cc1. The van der Waals surface area contributed by atoms with Crippen LogP contribution in [0.25, 0.3) is 0 Å². The van der Waals surface area contributed by atoms with Crippen LogP contribution in [-0.2, 0) is 11.3 Å². The topological polar surface area (TPSA) is 44.4 Å². The number of piperidine rings is 2. The molecule has 132 valence electrons. The highest BCUT2D eigenvalue weighted by atomic mass is 19.1. The lowest BCUT2D eigenvalue weighted by molar-refractivity contribution is -0.129. The molecule has 0 spiro atoms. The third-order valence-corrected chi connectivity index (χ3v) is 5.37. The van der Waals surface area contributed by atoms with Gasteiger partial charge in [-0.25, -0.2) is 4.39 Å². The van der Waals surface area contributed by atoms with Gasteiger partial charge in [0.05, 0.1) is 6.04 Å². The first kappa shape index (κ1) is 17.4. The Morgan fingerprint density at radius 3 is 2.83 bits per heavy atom. The van der Waals surface area contributed by atoms with E-state index in [1.165, 1.54) is 12.1 Å². The van der Waals surface area contributed by atoms with Gasteiger partial charge in [0.15, 0.2) is 0 Å². The fourth-order valence-electron chi connectivity index (χ4n) is 3.76. The third-order valence-electron chi connectivity index (χ3n) is 5.37. The summed E-state index contributed by atoms with van der Waals surface area (Å²) >= 11 is 0. The highest BCUT2D eigenvalue weighted by molar-refractivity contribution is 5.82. The maximum atomic E-state index is 13.1. The molecule has 1 aromatic rings. The van der Waals surface area contributed by atoms with Crippen LogP contribution < -0.4 is 10.6 Å². The van der Waals surface area contributed by atoms with E-state index in [1.807, 2.05) is 12.1 Å². The average molecular weight is 333 g/mol. The number of halogens is 1. The van der Waals surface area contributed by atoms with E-state index >= 15 is 0 Å². The Bertz CT molecular complexity index is 548. The second kappa shape index (κ2) is 8.08. The molecule has 3 unspecified atom stereocenters. The van der Waals surface area contributed by atoms with Crippen LogP contribution in [0.5, 0.6) is 0 Å². The molecule has 3 rings (SSSR count). The van der Waals surface area contributed by atoms with Gasteiger partial charge in [-0.15, -0.1) is 0 Å². The Balaban J connectivity index is 1.62. The molecule has 0 radical (unpaired) electrons. The van der Waals surface area contributed by atoms with Crippen molar-refractivity contribution in [3.05, 3.63) is 35.6 Å². The number of carbonyl (C=O) groups excluding carboxylic acids is 1. The quantitative estimate of drug-likeness (QED) is 0.889. The molecule has 3 atom stereocenters. The van der Waals surface area contributed by atoms with Gasteiger partial charge >= 0.3 is 0 Å². The molecule has 1 aromatic carbocycles. The maximum Gasteiger partial charge on any atom is 0.237 e. The molecule has 0 aromatic heterocycles. The van der Waals surface area contributed by atoms with Crippen molar-refractivity contribution in [2.45, 2.75) is 51.2 Å². The van der Waals surface area contributed by atoms with Gasteiger partial charge in [-0.05, 0) is 56.0 Å². The monoisotopic (exact) mass is 333 g/mol. The molecule has 24 heavy (non-hydrogen) atoms. The lowest BCUT2D eigenvalue weighted by atomic mass is 9.93. The highest BCUT2D eigenvalue weighted by Gasteiger charge is 2.31. The predicted octanol–water partition coefficient (Wildman–Crippen LogP) is 2.29. The van der Waals surface area contributed by atoms with Gasteiger partial charge in [0, 0.05) is 19.1 Å². The minimum atomic E-state index is -0.217. The number of hydrogen-bond donors (Lipinski definition) is 2. The minimum absolute atomic E-state index is 0.0714. The Morgan fingerprint density at radius 1 is 1.29 bits per heavy atom. The first-order chi connectivity index (χ1) is 11.6. The third kappa shape index (κ3) is 4.33. The van der Waals surface area contributed by atoms with E-state index < -0.39 is 0 Å². The Morgan fingerprint density at radius 2 is 2.08 bits per heavy atom. The summed E-state index contributed by atoms with van der Waals surface area (Å²) in [5.74, 6) is 0.451. The Hall–Kier alpha value is -1.46. The number of rotatable bonds is 4. The van der Waals surface area contributed by atoms with Gasteiger partial charge in [0.1, 0.15) is 5.82 Å². The van der Waals surface area contributed by atoms with Gasteiger partial charge in [-0.1, -0.05) is 25.5 Å². The molecule has 2 aliphatic rings. The number of benzene rings is 1. The molecule has 2 saturated heterocycles. The van der Waals surface area contributed by atoms with Crippen molar-refractivity contribution in [1.29, 1.82) is 0 Å². The van der Waals surface area contributed by atoms with Crippen molar-refractivity contribution in [3.63, 3.8) is 0 Å². The van der Waals surface area contributed by atoms with Crippen molar-refractivity contribution in [2.75, 3.05) is 19.6 Å². The van der Waals surface area contributed by atoms with Gasteiger partial charge < -0.3 is 10.6 Å². The molecule has 5 heteroatoms. The standard InChI is InChI=1S/C19H28FN3O/c1-14-9-10-21-12-17(14)22-19(24)18-4-2-3-11-23(18)13-15-5-7-16(20)8-6-15/h5-8,14,17-18,21H,2-4,9-13H2,1H3,(H,22,24). The Kier molecular flexibility index (Phi) is 5.85. The molecule has 0 bridgehead atoms. The molecule has 1 amide bonds. The van der Waals surface area contributed by atoms with Crippen LogP contribution in [0.3, 0.4) is 0 Å². The summed E-state index contributed by atoms with van der Waals surface area (Å²) in [4.78, 5) is 15.1. The smallest absolute Gasteiger partial charge is 0.237 e. The van der Waals surface area contributed by atoms with Gasteiger partial charge in [0.2, 0.25) is 5.91 Å². The normalized spacial score (nSPS) is 28.5. The van der Waals surface area contributed by atoms with Crippen LogP contribution >= 0.6 is 0 Å². The summed E-state index contributed by atoms with van der Waals surface area (Å²) in [6.45, 7) is 5.74. The van der Waals surface area contributed by atoms with E-state index in [0.717, 1.165) is 50.9 Å². The van der Waals surface area contributed by atoms with Crippen molar-refractivity contribution in [2.24, 2.45) is 5.92 Å². The van der Waals surface area contributed by atoms with Gasteiger partial charge in [-0.2, -0.15) is 0 Å². The van der Waals surface area contributed by atoms with Gasteiger partial charge in [0.25, 0.3) is 0 Å². The summed E-state index contributed by atoms with van der Waals surface area (Å²) in [6.07, 6.45) is 4.22. The van der Waals surface area contributed by atoms with E-state index in [0.29, 0.717) is 12.5 Å². The Labute approximate surface area is 143 Å². The largest absolute Gasteiger partial charge is 0.350 e. The summed E-state index contributed by atoms with van der Waals surface area (Å²) in [5.41, 5.74) is 1.06. The van der Waals surface area contributed by atoms with E-state index in [-0.39, 0.29) is 23.8 Å². The molecular weight excluding hydrogens is 305 g/mol. The zero-order valence-corrected chi connectivity index (χ0v) is 14.4. The summed E-state index contributed by atoms with van der Waals surface area (Å²) < 4.78 is 13.1. The van der Waals surface area contributed by atoms with Crippen molar-refractivity contribution < 1.29 is 9.18 Å². The molecule has 2 N–H and O–H groups in total. The second-order valence-corrected chi connectivity index (χ2v) is 7.19. The first-order valence-corrected chi connectivity index (χ1v) is 9.13. The second-order valence-electron chi connectivity index (χ2n) is 7.19. The maximum absolute atomic E-state index is 13.1. The summed E-state index contributed by atoms with van der Waals surface area (Å²) in [6, 6.07) is 6.75. The zero-order valence-electron chi connectivity index (χ0n) is 14.4.